The SMILES string of the molecule is COc1ccc2c(SCCCCCCCOC(=O)C(C)(C)CI)cc(=O)oc2c1. The van der Waals surface area contributed by atoms with E-state index < -0.39 is 5.41 Å². The molecular formula is C22H29IO5S. The molecule has 0 bridgehead atoms. The molecule has 5 nitrogen and oxygen atoms in total. The summed E-state index contributed by atoms with van der Waals surface area (Å²) in [5.41, 5.74) is -0.185. The summed E-state index contributed by atoms with van der Waals surface area (Å²) in [7, 11) is 1.59. The van der Waals surface area contributed by atoms with Gasteiger partial charge in [0.2, 0.25) is 0 Å². The Morgan fingerprint density at radius 3 is 2.59 bits per heavy atom. The van der Waals surface area contributed by atoms with Crippen molar-refractivity contribution in [2.24, 2.45) is 5.41 Å². The highest BCUT2D eigenvalue weighted by Crippen LogP contribution is 2.29. The second kappa shape index (κ2) is 11.8. The Morgan fingerprint density at radius 2 is 1.86 bits per heavy atom. The smallest absolute Gasteiger partial charge is 0.337 e. The van der Waals surface area contributed by atoms with Crippen molar-refractivity contribution in [3.63, 3.8) is 0 Å². The molecule has 0 spiro atoms. The van der Waals surface area contributed by atoms with Gasteiger partial charge in [0.1, 0.15) is 11.3 Å². The molecule has 7 heteroatoms. The Labute approximate surface area is 190 Å². The van der Waals surface area contributed by atoms with Crippen LogP contribution in [0.4, 0.5) is 0 Å². The van der Waals surface area contributed by atoms with Crippen LogP contribution in [0.15, 0.2) is 38.4 Å². The number of fused-ring (bicyclic) bond motifs is 1. The molecule has 0 saturated carbocycles. The minimum Gasteiger partial charge on any atom is -0.497 e. The van der Waals surface area contributed by atoms with Crippen LogP contribution < -0.4 is 10.4 Å². The number of carbonyl (C=O) groups is 1. The highest BCUT2D eigenvalue weighted by molar-refractivity contribution is 14.1. The lowest BCUT2D eigenvalue weighted by Gasteiger charge is -2.19. The number of rotatable bonds is 12. The molecule has 0 aliphatic rings. The number of hydrogen-bond donors (Lipinski definition) is 0. The van der Waals surface area contributed by atoms with E-state index in [1.807, 2.05) is 26.0 Å². The zero-order valence-electron chi connectivity index (χ0n) is 17.3. The van der Waals surface area contributed by atoms with Crippen LogP contribution in [0.1, 0.15) is 46.0 Å². The van der Waals surface area contributed by atoms with Crippen molar-refractivity contribution in [1.29, 1.82) is 0 Å². The van der Waals surface area contributed by atoms with Gasteiger partial charge < -0.3 is 13.9 Å². The Hall–Kier alpha value is -1.22. The van der Waals surface area contributed by atoms with Crippen LogP contribution in [0, 0.1) is 5.41 Å². The van der Waals surface area contributed by atoms with Crippen LogP contribution in [-0.4, -0.2) is 29.9 Å². The number of ether oxygens (including phenoxy) is 2. The van der Waals surface area contributed by atoms with E-state index in [4.69, 9.17) is 13.9 Å². The van der Waals surface area contributed by atoms with Gasteiger partial charge in [0.15, 0.2) is 0 Å². The molecule has 0 unspecified atom stereocenters. The second-order valence-electron chi connectivity index (χ2n) is 7.56. The molecule has 1 heterocycles. The molecule has 0 N–H and O–H groups in total. The number of methoxy groups -OCH3 is 1. The molecule has 160 valence electrons. The Balaban J connectivity index is 1.67. The average molecular weight is 532 g/mol. The van der Waals surface area contributed by atoms with Gasteiger partial charge in [0, 0.05) is 26.8 Å². The van der Waals surface area contributed by atoms with Gasteiger partial charge in [-0.3, -0.25) is 4.79 Å². The highest BCUT2D eigenvalue weighted by Gasteiger charge is 2.27. The van der Waals surface area contributed by atoms with Gasteiger partial charge in [0.05, 0.1) is 19.1 Å². The van der Waals surface area contributed by atoms with Gasteiger partial charge in [0.25, 0.3) is 0 Å². The number of carbonyl (C=O) groups excluding carboxylic acids is 1. The fraction of sp³-hybridized carbons (Fsp3) is 0.545. The van der Waals surface area contributed by atoms with Gasteiger partial charge in [-0.15, -0.1) is 11.8 Å². The maximum atomic E-state index is 11.9. The van der Waals surface area contributed by atoms with Crippen LogP contribution >= 0.6 is 34.4 Å². The fourth-order valence-electron chi connectivity index (χ4n) is 2.69. The Morgan fingerprint density at radius 1 is 1.14 bits per heavy atom. The number of halogens is 1. The van der Waals surface area contributed by atoms with Gasteiger partial charge in [-0.1, -0.05) is 41.9 Å². The van der Waals surface area contributed by atoms with Crippen molar-refractivity contribution in [2.45, 2.75) is 50.8 Å². The number of hydrogen-bond acceptors (Lipinski definition) is 6. The topological polar surface area (TPSA) is 65.7 Å². The van der Waals surface area contributed by atoms with E-state index in [-0.39, 0.29) is 11.6 Å². The molecule has 29 heavy (non-hydrogen) atoms. The summed E-state index contributed by atoms with van der Waals surface area (Å²) in [5.74, 6) is 1.51. The third kappa shape index (κ3) is 7.51. The molecule has 0 amide bonds. The first-order valence-corrected chi connectivity index (χ1v) is 12.4. The number of thioether (sulfide) groups is 1. The Kier molecular flexibility index (Phi) is 9.82. The van der Waals surface area contributed by atoms with E-state index in [0.717, 1.165) is 52.6 Å². The molecule has 0 radical (unpaired) electrons. The summed E-state index contributed by atoms with van der Waals surface area (Å²) in [6.07, 6.45) is 5.27. The minimum absolute atomic E-state index is 0.111. The molecule has 0 atom stereocenters. The number of alkyl halides is 1. The molecule has 0 fully saturated rings. The molecule has 0 aliphatic heterocycles. The minimum atomic E-state index is -0.401. The van der Waals surface area contributed by atoms with E-state index in [2.05, 4.69) is 22.6 Å². The van der Waals surface area contributed by atoms with E-state index in [1.54, 1.807) is 31.0 Å². The van der Waals surface area contributed by atoms with E-state index in [9.17, 15) is 9.59 Å². The van der Waals surface area contributed by atoms with Crippen LogP contribution in [0.3, 0.4) is 0 Å². The van der Waals surface area contributed by atoms with Crippen LogP contribution in [0.2, 0.25) is 0 Å². The fourth-order valence-corrected chi connectivity index (χ4v) is 4.07. The first kappa shape index (κ1) is 24.1. The maximum absolute atomic E-state index is 11.9. The summed E-state index contributed by atoms with van der Waals surface area (Å²) in [4.78, 5) is 24.7. The maximum Gasteiger partial charge on any atom is 0.337 e. The van der Waals surface area contributed by atoms with Crippen LogP contribution in [0.5, 0.6) is 5.75 Å². The molecule has 1 aromatic carbocycles. The third-order valence-corrected chi connectivity index (χ3v) is 7.63. The second-order valence-corrected chi connectivity index (χ2v) is 9.46. The molecular weight excluding hydrogens is 503 g/mol. The molecule has 0 aliphatic carbocycles. The summed E-state index contributed by atoms with van der Waals surface area (Å²) >= 11 is 3.90. The first-order chi connectivity index (χ1) is 13.9. The van der Waals surface area contributed by atoms with Crippen molar-refractivity contribution in [3.05, 3.63) is 34.7 Å². The van der Waals surface area contributed by atoms with Crippen LogP contribution in [-0.2, 0) is 9.53 Å². The summed E-state index contributed by atoms with van der Waals surface area (Å²) in [5, 5.41) is 0.937. The van der Waals surface area contributed by atoms with Gasteiger partial charge in [-0.2, -0.15) is 0 Å². The van der Waals surface area contributed by atoms with Crippen molar-refractivity contribution in [2.75, 3.05) is 23.9 Å². The predicted octanol–water partition coefficient (Wildman–Crippen LogP) is 5.85. The highest BCUT2D eigenvalue weighted by atomic mass is 127. The van der Waals surface area contributed by atoms with E-state index in [1.165, 1.54) is 0 Å². The zero-order valence-corrected chi connectivity index (χ0v) is 20.3. The largest absolute Gasteiger partial charge is 0.497 e. The Bertz CT molecular complexity index is 862. The average Bonchev–Trinajstić information content (AvgIpc) is 2.71. The number of esters is 1. The van der Waals surface area contributed by atoms with Gasteiger partial charge in [-0.05, 0) is 44.6 Å². The lowest BCUT2D eigenvalue weighted by Crippen LogP contribution is -2.28. The lowest BCUT2D eigenvalue weighted by atomic mass is 9.97. The quantitative estimate of drug-likeness (QED) is 0.0854. The molecule has 2 rings (SSSR count). The zero-order chi connectivity index (χ0) is 21.3. The van der Waals surface area contributed by atoms with Crippen LogP contribution in [0.25, 0.3) is 11.0 Å². The van der Waals surface area contributed by atoms with Gasteiger partial charge in [-0.25, -0.2) is 4.79 Å². The molecule has 2 aromatic rings. The number of benzene rings is 1. The molecule has 0 saturated heterocycles. The summed E-state index contributed by atoms with van der Waals surface area (Å²) < 4.78 is 16.6. The molecule has 1 aromatic heterocycles. The normalized spacial score (nSPS) is 11.6. The number of unbranched alkanes of at least 4 members (excludes halogenated alkanes) is 4. The standard InChI is InChI=1S/C22H29IO5S/c1-22(2,15-23)21(25)27-11-7-5-4-6-8-12-29-19-14-20(24)28-18-13-16(26-3)9-10-17(18)19/h9-10,13-14H,4-8,11-12,15H2,1-3H3. The summed E-state index contributed by atoms with van der Waals surface area (Å²) in [6, 6.07) is 7.11. The monoisotopic (exact) mass is 532 g/mol. The van der Waals surface area contributed by atoms with Crippen molar-refractivity contribution < 1.29 is 18.7 Å². The van der Waals surface area contributed by atoms with Crippen molar-refractivity contribution in [1.82, 2.24) is 0 Å². The predicted molar refractivity (Wildman–Crippen MR) is 126 cm³/mol. The first-order valence-electron chi connectivity index (χ1n) is 9.85. The van der Waals surface area contributed by atoms with E-state index in [0.29, 0.717) is 17.9 Å². The lowest BCUT2D eigenvalue weighted by molar-refractivity contribution is -0.152. The van der Waals surface area contributed by atoms with E-state index >= 15 is 0 Å². The third-order valence-electron chi connectivity index (χ3n) is 4.58. The summed E-state index contributed by atoms with van der Waals surface area (Å²) in [6.45, 7) is 4.33. The van der Waals surface area contributed by atoms with Crippen molar-refractivity contribution in [3.8, 4) is 5.75 Å². The van der Waals surface area contributed by atoms with Crippen molar-refractivity contribution >= 4 is 51.3 Å². The van der Waals surface area contributed by atoms with Gasteiger partial charge >= 0.3 is 11.6 Å².